The number of nitrogens with one attached hydrogen (secondary N) is 1. The summed E-state index contributed by atoms with van der Waals surface area (Å²) in [6.45, 7) is 6.77. The van der Waals surface area contributed by atoms with Crippen LogP contribution in [0.3, 0.4) is 0 Å². The number of anilines is 2. The van der Waals surface area contributed by atoms with Crippen LogP contribution in [0.25, 0.3) is 0 Å². The van der Waals surface area contributed by atoms with Crippen molar-refractivity contribution >= 4 is 17.4 Å². The van der Waals surface area contributed by atoms with E-state index in [1.165, 1.54) is 0 Å². The van der Waals surface area contributed by atoms with E-state index in [9.17, 15) is 4.79 Å². The average Bonchev–Trinajstić information content (AvgIpc) is 2.38. The Hall–Kier alpha value is -1.98. The van der Waals surface area contributed by atoms with Crippen LogP contribution in [0, 0.1) is 0 Å². The number of aromatic nitrogens is 1. The molecule has 6 nitrogen and oxygen atoms in total. The first-order chi connectivity index (χ1) is 9.43. The normalized spacial score (nSPS) is 10.4. The summed E-state index contributed by atoms with van der Waals surface area (Å²) in [4.78, 5) is 17.8. The third-order valence-electron chi connectivity index (χ3n) is 2.57. The number of nitrogen functional groups attached to an aromatic ring is 1. The van der Waals surface area contributed by atoms with Crippen molar-refractivity contribution in [3.63, 3.8) is 0 Å². The minimum atomic E-state index is -0.0284. The monoisotopic (exact) mass is 280 g/mol. The molecule has 0 saturated heterocycles. The van der Waals surface area contributed by atoms with E-state index in [-0.39, 0.29) is 18.6 Å². The first kappa shape index (κ1) is 16.1. The molecule has 112 valence electrons. The summed E-state index contributed by atoms with van der Waals surface area (Å²) in [7, 11) is 1.81. The minimum Gasteiger partial charge on any atom is -0.473 e. The highest BCUT2D eigenvalue weighted by atomic mass is 16.5. The van der Waals surface area contributed by atoms with Crippen LogP contribution in [0.5, 0.6) is 5.88 Å². The molecule has 0 aliphatic rings. The Morgan fingerprint density at radius 2 is 2.20 bits per heavy atom. The van der Waals surface area contributed by atoms with Gasteiger partial charge in [0, 0.05) is 13.6 Å². The quantitative estimate of drug-likeness (QED) is 0.789. The zero-order valence-electron chi connectivity index (χ0n) is 12.6. The highest BCUT2D eigenvalue weighted by molar-refractivity contribution is 5.80. The van der Waals surface area contributed by atoms with Crippen LogP contribution in [-0.4, -0.2) is 37.1 Å². The molecule has 0 spiro atoms. The standard InChI is InChI=1S/C14H24N4O2/c1-5-8-16-13(19)9-18(4)12-7-6-11(15)14(17-12)20-10(2)3/h6-7,10H,5,8-9,15H2,1-4H3,(H,16,19). The molecule has 0 bridgehead atoms. The maximum atomic E-state index is 11.7. The molecule has 0 unspecified atom stereocenters. The van der Waals surface area contributed by atoms with Crippen molar-refractivity contribution in [3.05, 3.63) is 12.1 Å². The molecule has 0 radical (unpaired) electrons. The lowest BCUT2D eigenvalue weighted by molar-refractivity contribution is -0.119. The number of amides is 1. The first-order valence-corrected chi connectivity index (χ1v) is 6.85. The Morgan fingerprint density at radius 1 is 1.50 bits per heavy atom. The fraction of sp³-hybridized carbons (Fsp3) is 0.571. The Balaban J connectivity index is 2.72. The van der Waals surface area contributed by atoms with Crippen LogP contribution in [0.1, 0.15) is 27.2 Å². The van der Waals surface area contributed by atoms with E-state index in [1.807, 2.05) is 27.8 Å². The molecule has 1 rings (SSSR count). The topological polar surface area (TPSA) is 80.5 Å². The number of rotatable bonds is 7. The van der Waals surface area contributed by atoms with Crippen molar-refractivity contribution in [2.45, 2.75) is 33.3 Å². The number of carbonyl (C=O) groups is 1. The van der Waals surface area contributed by atoms with Crippen LogP contribution in [0.2, 0.25) is 0 Å². The molecule has 0 fully saturated rings. The van der Waals surface area contributed by atoms with Gasteiger partial charge in [-0.2, -0.15) is 4.98 Å². The fourth-order valence-corrected chi connectivity index (χ4v) is 1.59. The van der Waals surface area contributed by atoms with Gasteiger partial charge in [-0.1, -0.05) is 6.92 Å². The van der Waals surface area contributed by atoms with Crippen LogP contribution in [-0.2, 0) is 4.79 Å². The lowest BCUT2D eigenvalue weighted by Crippen LogP contribution is -2.35. The largest absolute Gasteiger partial charge is 0.473 e. The van der Waals surface area contributed by atoms with E-state index in [0.29, 0.717) is 23.9 Å². The van der Waals surface area contributed by atoms with Crippen LogP contribution in [0.15, 0.2) is 12.1 Å². The van der Waals surface area contributed by atoms with Gasteiger partial charge in [0.25, 0.3) is 0 Å². The Labute approximate surface area is 120 Å². The summed E-state index contributed by atoms with van der Waals surface area (Å²) in [5.74, 6) is 1.03. The summed E-state index contributed by atoms with van der Waals surface area (Å²) < 4.78 is 5.54. The summed E-state index contributed by atoms with van der Waals surface area (Å²) in [6.07, 6.45) is 0.917. The molecule has 1 aromatic rings. The van der Waals surface area contributed by atoms with Crippen molar-refractivity contribution in [2.75, 3.05) is 30.8 Å². The molecule has 1 aromatic heterocycles. The maximum absolute atomic E-state index is 11.7. The number of nitrogens with two attached hydrogens (primary N) is 1. The van der Waals surface area contributed by atoms with Crippen LogP contribution < -0.4 is 20.7 Å². The predicted molar refractivity (Wildman–Crippen MR) is 81.0 cm³/mol. The van der Waals surface area contributed by atoms with E-state index in [0.717, 1.165) is 6.42 Å². The first-order valence-electron chi connectivity index (χ1n) is 6.85. The van der Waals surface area contributed by atoms with Gasteiger partial charge in [0.1, 0.15) is 5.82 Å². The molecule has 0 aliphatic carbocycles. The second kappa shape index (κ2) is 7.57. The smallest absolute Gasteiger partial charge is 0.239 e. The van der Waals surface area contributed by atoms with Crippen LogP contribution >= 0.6 is 0 Å². The van der Waals surface area contributed by atoms with Crippen molar-refractivity contribution in [3.8, 4) is 5.88 Å². The number of pyridine rings is 1. The van der Waals surface area contributed by atoms with E-state index in [4.69, 9.17) is 10.5 Å². The molecular weight excluding hydrogens is 256 g/mol. The van der Waals surface area contributed by atoms with Gasteiger partial charge in [0.2, 0.25) is 11.8 Å². The van der Waals surface area contributed by atoms with Gasteiger partial charge >= 0.3 is 0 Å². The van der Waals surface area contributed by atoms with Gasteiger partial charge in [-0.05, 0) is 32.4 Å². The van der Waals surface area contributed by atoms with E-state index in [1.54, 1.807) is 17.0 Å². The third-order valence-corrected chi connectivity index (χ3v) is 2.57. The molecule has 1 heterocycles. The molecule has 0 saturated carbocycles. The third kappa shape index (κ3) is 4.95. The Morgan fingerprint density at radius 3 is 2.80 bits per heavy atom. The highest BCUT2D eigenvalue weighted by Gasteiger charge is 2.11. The molecule has 0 atom stereocenters. The Kier molecular flexibility index (Phi) is 6.09. The molecule has 0 aliphatic heterocycles. The molecule has 6 heteroatoms. The summed E-state index contributed by atoms with van der Waals surface area (Å²) in [5, 5.41) is 2.83. The predicted octanol–water partition coefficient (Wildman–Crippen LogP) is 1.41. The van der Waals surface area contributed by atoms with Gasteiger partial charge < -0.3 is 20.7 Å². The number of likely N-dealkylation sites (N-methyl/N-ethyl adjacent to an activating group) is 1. The molecular formula is C14H24N4O2. The molecule has 20 heavy (non-hydrogen) atoms. The summed E-state index contributed by atoms with van der Waals surface area (Å²) >= 11 is 0. The Bertz CT molecular complexity index is 449. The van der Waals surface area contributed by atoms with Crippen LogP contribution in [0.4, 0.5) is 11.5 Å². The van der Waals surface area contributed by atoms with Crippen molar-refractivity contribution in [1.82, 2.24) is 10.3 Å². The molecule has 0 aromatic carbocycles. The number of ether oxygens (including phenoxy) is 1. The molecule has 3 N–H and O–H groups in total. The molecule has 1 amide bonds. The van der Waals surface area contributed by atoms with E-state index >= 15 is 0 Å². The van der Waals surface area contributed by atoms with Gasteiger partial charge in [0.05, 0.1) is 18.3 Å². The van der Waals surface area contributed by atoms with Crippen molar-refractivity contribution in [1.29, 1.82) is 0 Å². The number of nitrogens with zero attached hydrogens (tertiary/aromatic N) is 2. The van der Waals surface area contributed by atoms with Crippen molar-refractivity contribution < 1.29 is 9.53 Å². The lowest BCUT2D eigenvalue weighted by Gasteiger charge is -2.19. The average molecular weight is 280 g/mol. The fourth-order valence-electron chi connectivity index (χ4n) is 1.59. The highest BCUT2D eigenvalue weighted by Crippen LogP contribution is 2.23. The van der Waals surface area contributed by atoms with Gasteiger partial charge in [-0.25, -0.2) is 0 Å². The number of hydrogen-bond acceptors (Lipinski definition) is 5. The number of carbonyl (C=O) groups excluding carboxylic acids is 1. The number of hydrogen-bond donors (Lipinski definition) is 2. The van der Waals surface area contributed by atoms with Crippen molar-refractivity contribution in [2.24, 2.45) is 0 Å². The van der Waals surface area contributed by atoms with E-state index < -0.39 is 0 Å². The summed E-state index contributed by atoms with van der Waals surface area (Å²) in [6, 6.07) is 3.51. The second-order valence-corrected chi connectivity index (χ2v) is 4.94. The maximum Gasteiger partial charge on any atom is 0.239 e. The van der Waals surface area contributed by atoms with Gasteiger partial charge in [0.15, 0.2) is 0 Å². The zero-order chi connectivity index (χ0) is 15.1. The summed E-state index contributed by atoms with van der Waals surface area (Å²) in [5.41, 5.74) is 6.31. The zero-order valence-corrected chi connectivity index (χ0v) is 12.6. The SMILES string of the molecule is CCCNC(=O)CN(C)c1ccc(N)c(OC(C)C)n1. The van der Waals surface area contributed by atoms with E-state index in [2.05, 4.69) is 10.3 Å². The lowest BCUT2D eigenvalue weighted by atomic mass is 10.3. The van der Waals surface area contributed by atoms with Gasteiger partial charge in [-0.3, -0.25) is 4.79 Å². The minimum absolute atomic E-state index is 0.00166. The van der Waals surface area contributed by atoms with Gasteiger partial charge in [-0.15, -0.1) is 0 Å². The second-order valence-electron chi connectivity index (χ2n) is 4.94.